The summed E-state index contributed by atoms with van der Waals surface area (Å²) in [6.45, 7) is 1.17. The van der Waals surface area contributed by atoms with Crippen molar-refractivity contribution in [1.29, 1.82) is 0 Å². The fourth-order valence-corrected chi connectivity index (χ4v) is 4.90. The molecule has 0 spiro atoms. The van der Waals surface area contributed by atoms with Crippen LogP contribution < -0.4 is 15.4 Å². The fraction of sp³-hybridized carbons (Fsp3) is 0.318. The van der Waals surface area contributed by atoms with Crippen LogP contribution in [0.2, 0.25) is 0 Å². The molecular formula is C22H22FN4O4PS. The fourth-order valence-electron chi connectivity index (χ4n) is 3.64. The van der Waals surface area contributed by atoms with Gasteiger partial charge in [-0.1, -0.05) is 0 Å². The summed E-state index contributed by atoms with van der Waals surface area (Å²) in [5.74, 6) is -0.281. The zero-order chi connectivity index (χ0) is 22.9. The number of benzene rings is 1. The van der Waals surface area contributed by atoms with E-state index in [1.807, 2.05) is 0 Å². The Bertz CT molecular complexity index is 1220. The number of likely N-dealkylation sites (tertiary alicyclic amines) is 1. The highest BCUT2D eigenvalue weighted by molar-refractivity contribution is 7.21. The lowest BCUT2D eigenvalue weighted by Gasteiger charge is -2.14. The normalized spacial score (nSPS) is 17.9. The Morgan fingerprint density at radius 1 is 1.18 bits per heavy atom. The Morgan fingerprint density at radius 2 is 2.03 bits per heavy atom. The van der Waals surface area contributed by atoms with Crippen LogP contribution >= 0.6 is 20.8 Å². The molecule has 1 aromatic carbocycles. The molecule has 172 valence electrons. The molecule has 2 aliphatic rings. The van der Waals surface area contributed by atoms with Crippen LogP contribution in [-0.2, 0) is 4.52 Å². The minimum absolute atomic E-state index is 0.0110. The smallest absolute Gasteiger partial charge is 0.319 e. The third kappa shape index (κ3) is 4.93. The molecule has 2 fully saturated rings. The van der Waals surface area contributed by atoms with Crippen molar-refractivity contribution < 1.29 is 23.2 Å². The molecule has 3 aromatic rings. The number of anilines is 1. The van der Waals surface area contributed by atoms with Gasteiger partial charge in [0, 0.05) is 52.6 Å². The van der Waals surface area contributed by atoms with Gasteiger partial charge in [-0.25, -0.2) is 9.18 Å². The Kier molecular flexibility index (Phi) is 6.14. The molecule has 1 saturated heterocycles. The van der Waals surface area contributed by atoms with Gasteiger partial charge in [0.05, 0.1) is 21.2 Å². The minimum Gasteiger partial charge on any atom is -0.453 e. The summed E-state index contributed by atoms with van der Waals surface area (Å²) < 4.78 is 26.4. The summed E-state index contributed by atoms with van der Waals surface area (Å²) in [4.78, 5) is 31.4. The number of nitrogens with zero attached hydrogens (tertiary/aromatic N) is 2. The molecule has 3 amide bonds. The second-order valence-electron chi connectivity index (χ2n) is 8.05. The van der Waals surface area contributed by atoms with Gasteiger partial charge in [-0.15, -0.1) is 11.3 Å². The van der Waals surface area contributed by atoms with Crippen molar-refractivity contribution >= 4 is 48.6 Å². The van der Waals surface area contributed by atoms with Crippen molar-refractivity contribution in [2.75, 3.05) is 18.4 Å². The highest BCUT2D eigenvalue weighted by Gasteiger charge is 2.28. The Labute approximate surface area is 195 Å². The van der Waals surface area contributed by atoms with Gasteiger partial charge < -0.3 is 24.8 Å². The van der Waals surface area contributed by atoms with Gasteiger partial charge in [0.15, 0.2) is 11.6 Å². The Morgan fingerprint density at radius 3 is 2.76 bits per heavy atom. The number of hydrogen-bond acceptors (Lipinski definition) is 6. The second-order valence-corrected chi connectivity index (χ2v) is 9.38. The Balaban J connectivity index is 1.32. The monoisotopic (exact) mass is 488 g/mol. The summed E-state index contributed by atoms with van der Waals surface area (Å²) in [5, 5.41) is 5.40. The zero-order valence-electron chi connectivity index (χ0n) is 17.5. The third-order valence-corrected chi connectivity index (χ3v) is 7.05. The van der Waals surface area contributed by atoms with E-state index in [9.17, 15) is 14.0 Å². The maximum Gasteiger partial charge on any atom is 0.319 e. The quantitative estimate of drug-likeness (QED) is 0.498. The van der Waals surface area contributed by atoms with E-state index in [2.05, 4.69) is 25.1 Å². The average Bonchev–Trinajstić information content (AvgIpc) is 3.31. The lowest BCUT2D eigenvalue weighted by atomic mass is 10.3. The van der Waals surface area contributed by atoms with Gasteiger partial charge in [-0.3, -0.25) is 9.78 Å². The van der Waals surface area contributed by atoms with Gasteiger partial charge in [-0.05, 0) is 37.5 Å². The number of aromatic nitrogens is 1. The number of carbonyl (C=O) groups excluding carboxylic acids is 2. The molecule has 8 nitrogen and oxygen atoms in total. The maximum atomic E-state index is 14.7. The average molecular weight is 488 g/mol. The molecule has 3 heterocycles. The van der Waals surface area contributed by atoms with Crippen LogP contribution in [0, 0.1) is 5.82 Å². The van der Waals surface area contributed by atoms with E-state index in [-0.39, 0.29) is 29.8 Å². The molecular weight excluding hydrogens is 466 g/mol. The van der Waals surface area contributed by atoms with Crippen LogP contribution in [-0.4, -0.2) is 47.1 Å². The standard InChI is InChI=1S/C22H22FN4O4PS/c23-15-9-13(26-22(29)25-12-1-2-12)3-4-17(15)30-18-5-7-24-16-10-19(33-20(16)18)21(28)27-8-6-14(11-27)31-32/h3-5,7,9-10,12,14H,1-2,6,8,11,32H2,(H2,25,26,29)/t14-/m0/s1. The van der Waals surface area contributed by atoms with Crippen molar-refractivity contribution in [3.63, 3.8) is 0 Å². The van der Waals surface area contributed by atoms with Crippen LogP contribution in [0.3, 0.4) is 0 Å². The Hall–Kier alpha value is -2.81. The van der Waals surface area contributed by atoms with Crippen molar-refractivity contribution in [2.24, 2.45) is 0 Å². The maximum absolute atomic E-state index is 14.7. The number of hydrogen-bond donors (Lipinski definition) is 2. The van der Waals surface area contributed by atoms with Gasteiger partial charge in [0.2, 0.25) is 0 Å². The predicted molar refractivity (Wildman–Crippen MR) is 126 cm³/mol. The van der Waals surface area contributed by atoms with E-state index in [0.717, 1.165) is 19.3 Å². The summed E-state index contributed by atoms with van der Waals surface area (Å²) in [5.41, 5.74) is 0.939. The van der Waals surface area contributed by atoms with E-state index in [4.69, 9.17) is 9.26 Å². The molecule has 1 aliphatic heterocycles. The molecule has 0 radical (unpaired) electrons. The number of halogens is 1. The largest absolute Gasteiger partial charge is 0.453 e. The molecule has 33 heavy (non-hydrogen) atoms. The number of ether oxygens (including phenoxy) is 1. The molecule has 1 unspecified atom stereocenters. The second kappa shape index (κ2) is 9.21. The lowest BCUT2D eigenvalue weighted by molar-refractivity contribution is 0.0781. The van der Waals surface area contributed by atoms with Crippen LogP contribution in [0.5, 0.6) is 11.5 Å². The number of nitrogens with one attached hydrogen (secondary N) is 2. The number of pyridine rings is 1. The number of amides is 3. The van der Waals surface area contributed by atoms with E-state index < -0.39 is 5.82 Å². The molecule has 5 rings (SSSR count). The van der Waals surface area contributed by atoms with Crippen LogP contribution in [0.4, 0.5) is 14.9 Å². The van der Waals surface area contributed by atoms with Gasteiger partial charge >= 0.3 is 6.03 Å². The van der Waals surface area contributed by atoms with Crippen molar-refractivity contribution in [3.8, 4) is 11.5 Å². The molecule has 2 N–H and O–H groups in total. The van der Waals surface area contributed by atoms with Gasteiger partial charge in [0.1, 0.15) is 5.75 Å². The van der Waals surface area contributed by atoms with E-state index in [0.29, 0.717) is 39.6 Å². The molecule has 11 heteroatoms. The minimum atomic E-state index is -0.613. The topological polar surface area (TPSA) is 92.8 Å². The third-order valence-electron chi connectivity index (χ3n) is 5.53. The van der Waals surface area contributed by atoms with Crippen LogP contribution in [0.1, 0.15) is 28.9 Å². The molecule has 2 aromatic heterocycles. The van der Waals surface area contributed by atoms with Gasteiger partial charge in [0.25, 0.3) is 5.91 Å². The number of thiophene rings is 1. The van der Waals surface area contributed by atoms with Crippen molar-refractivity contribution in [1.82, 2.24) is 15.2 Å². The zero-order valence-corrected chi connectivity index (χ0v) is 19.5. The predicted octanol–water partition coefficient (Wildman–Crippen LogP) is 4.53. The number of fused-ring (bicyclic) bond motifs is 1. The first-order chi connectivity index (χ1) is 16.0. The van der Waals surface area contributed by atoms with Crippen LogP contribution in [0.15, 0.2) is 36.5 Å². The number of urea groups is 1. The molecule has 1 aliphatic carbocycles. The van der Waals surface area contributed by atoms with E-state index in [1.54, 1.807) is 29.3 Å². The SMILES string of the molecule is O=C(Nc1ccc(Oc2ccnc3cc(C(=O)N4CC[C@H](OP)C4)sc23)c(F)c1)NC1CC1. The van der Waals surface area contributed by atoms with Crippen LogP contribution in [0.25, 0.3) is 10.2 Å². The van der Waals surface area contributed by atoms with Crippen molar-refractivity contribution in [3.05, 3.63) is 47.2 Å². The molecule has 0 bridgehead atoms. The summed E-state index contributed by atoms with van der Waals surface area (Å²) in [6.07, 6.45) is 4.30. The number of rotatable bonds is 6. The van der Waals surface area contributed by atoms with Gasteiger partial charge in [-0.2, -0.15) is 0 Å². The highest BCUT2D eigenvalue weighted by Crippen LogP contribution is 2.37. The molecule has 1 saturated carbocycles. The summed E-state index contributed by atoms with van der Waals surface area (Å²) >= 11 is 1.26. The van der Waals surface area contributed by atoms with E-state index in [1.165, 1.54) is 23.5 Å². The van der Waals surface area contributed by atoms with Crippen molar-refractivity contribution in [2.45, 2.75) is 31.4 Å². The molecule has 2 atom stereocenters. The summed E-state index contributed by atoms with van der Waals surface area (Å²) in [6, 6.07) is 7.46. The lowest BCUT2D eigenvalue weighted by Crippen LogP contribution is -2.30. The first-order valence-corrected chi connectivity index (χ1v) is 11.9. The summed E-state index contributed by atoms with van der Waals surface area (Å²) in [7, 11) is 2.25. The highest BCUT2D eigenvalue weighted by atomic mass is 32.1. The number of carbonyl (C=O) groups is 2. The first kappa shape index (κ1) is 22.0. The first-order valence-electron chi connectivity index (χ1n) is 10.6. The van der Waals surface area contributed by atoms with E-state index >= 15 is 0 Å².